The number of aromatic nitrogens is 1. The van der Waals surface area contributed by atoms with Crippen LogP contribution in [0, 0.1) is 11.3 Å². The van der Waals surface area contributed by atoms with Crippen molar-refractivity contribution in [2.75, 3.05) is 0 Å². The second-order valence-corrected chi connectivity index (χ2v) is 9.72. The molecule has 2 nitrogen and oxygen atoms in total. The van der Waals surface area contributed by atoms with Crippen LogP contribution in [0.3, 0.4) is 0 Å². The number of rotatable bonds is 2. The van der Waals surface area contributed by atoms with E-state index >= 15 is 0 Å². The molecular weight excluding hydrogens is 460 g/mol. The number of nitriles is 1. The quantitative estimate of drug-likeness (QED) is 0.224. The van der Waals surface area contributed by atoms with E-state index in [1.807, 2.05) is 18.2 Å². The first-order valence-corrected chi connectivity index (χ1v) is 12.5. The molecule has 38 heavy (non-hydrogen) atoms. The fourth-order valence-electron chi connectivity index (χ4n) is 6.10. The minimum absolute atomic E-state index is 0. The van der Waals surface area contributed by atoms with E-state index in [1.54, 1.807) is 0 Å². The van der Waals surface area contributed by atoms with E-state index in [9.17, 15) is 5.26 Å². The maximum Gasteiger partial charge on any atom is 0.0991 e. The SMILES string of the molecule is C.N#Cc1ccc2c(c1)c1ccc(-c3ccc4ccc5cccc6ccc3c4c56)cc1n2-c1ccccc1. The molecule has 0 atom stereocenters. The van der Waals surface area contributed by atoms with Crippen LogP contribution in [0.4, 0.5) is 0 Å². The Kier molecular flexibility index (Phi) is 4.77. The summed E-state index contributed by atoms with van der Waals surface area (Å²) in [6.45, 7) is 0. The van der Waals surface area contributed by atoms with Crippen molar-refractivity contribution < 1.29 is 0 Å². The van der Waals surface area contributed by atoms with Gasteiger partial charge in [-0.2, -0.15) is 5.26 Å². The lowest BCUT2D eigenvalue weighted by Crippen LogP contribution is -1.93. The largest absolute Gasteiger partial charge is 0.309 e. The van der Waals surface area contributed by atoms with Crippen molar-refractivity contribution in [2.45, 2.75) is 7.43 Å². The fraction of sp³-hybridized carbons (Fsp3) is 0.0278. The normalized spacial score (nSPS) is 11.4. The van der Waals surface area contributed by atoms with Crippen LogP contribution in [-0.4, -0.2) is 4.57 Å². The highest BCUT2D eigenvalue weighted by molar-refractivity contribution is 6.25. The zero-order chi connectivity index (χ0) is 24.5. The molecular formula is C36H24N2. The predicted octanol–water partition coefficient (Wildman–Crippen LogP) is 9.86. The van der Waals surface area contributed by atoms with Crippen LogP contribution in [0.15, 0.2) is 121 Å². The highest BCUT2D eigenvalue weighted by Crippen LogP contribution is 2.41. The molecule has 0 saturated heterocycles. The lowest BCUT2D eigenvalue weighted by Gasteiger charge is -2.14. The van der Waals surface area contributed by atoms with Gasteiger partial charge in [-0.25, -0.2) is 0 Å². The van der Waals surface area contributed by atoms with Gasteiger partial charge in [-0.05, 0) is 79.8 Å². The van der Waals surface area contributed by atoms with E-state index in [0.717, 1.165) is 27.5 Å². The van der Waals surface area contributed by atoms with Gasteiger partial charge in [-0.1, -0.05) is 92.4 Å². The van der Waals surface area contributed by atoms with Gasteiger partial charge in [0.15, 0.2) is 0 Å². The number of hydrogen-bond donors (Lipinski definition) is 0. The standard InChI is InChI=1S/C35H20N2.CH4/c36-21-22-9-18-32-31(19-22)29-16-14-26(20-33(29)37(32)27-7-2-1-3-8-27)28-15-12-25-11-10-23-5-4-6-24-13-17-30(28)35(25)34(23)24;/h1-20H;1H4. The van der Waals surface area contributed by atoms with Crippen molar-refractivity contribution in [3.8, 4) is 22.9 Å². The molecule has 1 heterocycles. The molecule has 0 unspecified atom stereocenters. The van der Waals surface area contributed by atoms with E-state index in [1.165, 1.54) is 43.4 Å². The van der Waals surface area contributed by atoms with Gasteiger partial charge in [0, 0.05) is 16.5 Å². The Bertz CT molecular complexity index is 2180. The average molecular weight is 485 g/mol. The number of nitrogens with zero attached hydrogens (tertiary/aromatic N) is 2. The summed E-state index contributed by atoms with van der Waals surface area (Å²) in [6.07, 6.45) is 0. The molecule has 0 aliphatic heterocycles. The lowest BCUT2D eigenvalue weighted by atomic mass is 9.89. The molecule has 1 aromatic heterocycles. The summed E-state index contributed by atoms with van der Waals surface area (Å²) in [5.41, 5.74) is 6.45. The van der Waals surface area contributed by atoms with Gasteiger partial charge >= 0.3 is 0 Å². The second-order valence-electron chi connectivity index (χ2n) is 9.72. The molecule has 8 rings (SSSR count). The van der Waals surface area contributed by atoms with Gasteiger partial charge in [0.05, 0.1) is 22.7 Å². The molecule has 0 aliphatic carbocycles. The molecule has 0 saturated carbocycles. The molecule has 0 N–H and O–H groups in total. The molecule has 0 aliphatic rings. The minimum Gasteiger partial charge on any atom is -0.309 e. The Balaban J connectivity index is 0.00000242. The smallest absolute Gasteiger partial charge is 0.0991 e. The van der Waals surface area contributed by atoms with E-state index in [-0.39, 0.29) is 7.43 Å². The Morgan fingerprint density at radius 3 is 2.03 bits per heavy atom. The van der Waals surface area contributed by atoms with Gasteiger partial charge in [0.25, 0.3) is 0 Å². The molecule has 0 radical (unpaired) electrons. The van der Waals surface area contributed by atoms with Crippen molar-refractivity contribution in [3.05, 3.63) is 127 Å². The summed E-state index contributed by atoms with van der Waals surface area (Å²) in [5.74, 6) is 0. The fourth-order valence-corrected chi connectivity index (χ4v) is 6.10. The Morgan fingerprint density at radius 2 is 1.24 bits per heavy atom. The van der Waals surface area contributed by atoms with Crippen LogP contribution in [0.5, 0.6) is 0 Å². The van der Waals surface area contributed by atoms with E-state index in [4.69, 9.17) is 0 Å². The van der Waals surface area contributed by atoms with Gasteiger partial charge < -0.3 is 4.57 Å². The summed E-state index contributed by atoms with van der Waals surface area (Å²) >= 11 is 0. The van der Waals surface area contributed by atoms with Gasteiger partial charge in [-0.15, -0.1) is 0 Å². The maximum absolute atomic E-state index is 9.55. The molecule has 0 bridgehead atoms. The average Bonchev–Trinajstić information content (AvgIpc) is 3.29. The van der Waals surface area contributed by atoms with Crippen LogP contribution in [0.25, 0.3) is 70.9 Å². The Labute approximate surface area is 220 Å². The summed E-state index contributed by atoms with van der Waals surface area (Å²) in [5, 5.41) is 19.6. The number of fused-ring (bicyclic) bond motifs is 3. The topological polar surface area (TPSA) is 28.7 Å². The summed E-state index contributed by atoms with van der Waals surface area (Å²) in [6, 6.07) is 45.5. The first-order chi connectivity index (χ1) is 18.3. The summed E-state index contributed by atoms with van der Waals surface area (Å²) in [4.78, 5) is 0. The van der Waals surface area contributed by atoms with Crippen molar-refractivity contribution in [1.29, 1.82) is 5.26 Å². The summed E-state index contributed by atoms with van der Waals surface area (Å²) in [7, 11) is 0. The van der Waals surface area contributed by atoms with Crippen LogP contribution in [0.2, 0.25) is 0 Å². The maximum atomic E-state index is 9.55. The third kappa shape index (κ3) is 3.00. The monoisotopic (exact) mass is 484 g/mol. The van der Waals surface area contributed by atoms with Gasteiger partial charge in [-0.3, -0.25) is 0 Å². The molecule has 0 fully saturated rings. The predicted molar refractivity (Wildman–Crippen MR) is 161 cm³/mol. The highest BCUT2D eigenvalue weighted by atomic mass is 15.0. The van der Waals surface area contributed by atoms with Gasteiger partial charge in [0.1, 0.15) is 0 Å². The molecule has 178 valence electrons. The van der Waals surface area contributed by atoms with E-state index < -0.39 is 0 Å². The van der Waals surface area contributed by atoms with Gasteiger partial charge in [0.2, 0.25) is 0 Å². The highest BCUT2D eigenvalue weighted by Gasteiger charge is 2.16. The van der Waals surface area contributed by atoms with Crippen LogP contribution in [-0.2, 0) is 0 Å². The third-order valence-electron chi connectivity index (χ3n) is 7.75. The summed E-state index contributed by atoms with van der Waals surface area (Å²) < 4.78 is 2.31. The third-order valence-corrected chi connectivity index (χ3v) is 7.75. The lowest BCUT2D eigenvalue weighted by molar-refractivity contribution is 1.18. The number of hydrogen-bond acceptors (Lipinski definition) is 1. The minimum atomic E-state index is 0. The molecule has 0 spiro atoms. The Hall–Kier alpha value is -5.13. The van der Waals surface area contributed by atoms with Crippen LogP contribution >= 0.6 is 0 Å². The first kappa shape index (κ1) is 22.1. The molecule has 8 aromatic rings. The van der Waals surface area contributed by atoms with E-state index in [2.05, 4.69) is 114 Å². The van der Waals surface area contributed by atoms with Crippen LogP contribution < -0.4 is 0 Å². The number of benzene rings is 7. The van der Waals surface area contributed by atoms with Crippen molar-refractivity contribution in [1.82, 2.24) is 4.57 Å². The molecule has 7 aromatic carbocycles. The molecule has 2 heteroatoms. The van der Waals surface area contributed by atoms with Crippen molar-refractivity contribution in [3.63, 3.8) is 0 Å². The van der Waals surface area contributed by atoms with Crippen LogP contribution in [0.1, 0.15) is 13.0 Å². The zero-order valence-electron chi connectivity index (χ0n) is 19.9. The number of para-hydroxylation sites is 1. The molecule has 0 amide bonds. The Morgan fingerprint density at radius 1 is 0.526 bits per heavy atom. The second kappa shape index (κ2) is 8.20. The van der Waals surface area contributed by atoms with Crippen molar-refractivity contribution >= 4 is 54.1 Å². The van der Waals surface area contributed by atoms with E-state index in [0.29, 0.717) is 5.56 Å². The first-order valence-electron chi connectivity index (χ1n) is 12.5. The van der Waals surface area contributed by atoms with Crippen molar-refractivity contribution in [2.24, 2.45) is 0 Å². The zero-order valence-corrected chi connectivity index (χ0v) is 19.9.